The fourth-order valence-electron chi connectivity index (χ4n) is 2.69. The average Bonchev–Trinajstić information content (AvgIpc) is 2.69. The number of rotatable bonds is 7. The highest BCUT2D eigenvalue weighted by molar-refractivity contribution is 5.83. The topological polar surface area (TPSA) is 115 Å². The van der Waals surface area contributed by atoms with Crippen LogP contribution in [-0.4, -0.2) is 78.9 Å². The molecule has 2 bridgehead atoms. The van der Waals surface area contributed by atoms with E-state index in [1.165, 1.54) is 17.1 Å². The number of aliphatic hydroxyl groups excluding tert-OH is 1. The normalized spacial score (nSPS) is 31.0. The van der Waals surface area contributed by atoms with Gasteiger partial charge in [-0.3, -0.25) is 9.63 Å². The summed E-state index contributed by atoms with van der Waals surface area (Å²) in [4.78, 5) is 29.9. The van der Waals surface area contributed by atoms with Gasteiger partial charge in [0.2, 0.25) is 5.91 Å². The van der Waals surface area contributed by atoms with Crippen LogP contribution in [0.5, 0.6) is 0 Å². The molecule has 1 amide bonds. The van der Waals surface area contributed by atoms with Gasteiger partial charge in [-0.1, -0.05) is 6.08 Å². The second-order valence-electron chi connectivity index (χ2n) is 5.17. The van der Waals surface area contributed by atoms with Gasteiger partial charge in [0.05, 0.1) is 12.6 Å². The van der Waals surface area contributed by atoms with Crippen molar-refractivity contribution in [1.82, 2.24) is 9.96 Å². The number of ether oxygens (including phenoxy) is 2. The highest BCUT2D eigenvalue weighted by atomic mass is 16.7. The number of amides is 1. The lowest BCUT2D eigenvalue weighted by Gasteiger charge is -2.29. The second kappa shape index (κ2) is 7.16. The van der Waals surface area contributed by atoms with Gasteiger partial charge in [0.15, 0.2) is 13.0 Å². The predicted octanol–water partition coefficient (Wildman–Crippen LogP) is -1.82. The third kappa shape index (κ3) is 3.45. The third-order valence-electron chi connectivity index (χ3n) is 3.62. The zero-order chi connectivity index (χ0) is 16.3. The van der Waals surface area contributed by atoms with Crippen molar-refractivity contribution in [2.45, 2.75) is 25.4 Å². The second-order valence-corrected chi connectivity index (χ2v) is 5.17. The summed E-state index contributed by atoms with van der Waals surface area (Å²) in [5, 5.41) is 11.5. The van der Waals surface area contributed by atoms with Crippen LogP contribution in [-0.2, 0) is 23.9 Å². The molecular formula is C13H21N3O6. The van der Waals surface area contributed by atoms with Gasteiger partial charge in [-0.05, 0) is 12.5 Å². The molecule has 2 aliphatic rings. The van der Waals surface area contributed by atoms with Gasteiger partial charge in [0, 0.05) is 13.7 Å². The Kier molecular flexibility index (Phi) is 5.48. The average molecular weight is 315 g/mol. The zero-order valence-electron chi connectivity index (χ0n) is 12.6. The minimum atomic E-state index is -1.15. The predicted molar refractivity (Wildman–Crippen MR) is 73.9 cm³/mol. The Morgan fingerprint density at radius 3 is 2.82 bits per heavy atom. The van der Waals surface area contributed by atoms with E-state index < -0.39 is 24.3 Å². The molecule has 1 fully saturated rings. The van der Waals surface area contributed by atoms with E-state index in [0.29, 0.717) is 13.2 Å². The van der Waals surface area contributed by atoms with Crippen molar-refractivity contribution in [3.63, 3.8) is 0 Å². The summed E-state index contributed by atoms with van der Waals surface area (Å²) in [5.74, 6) is -1.10. The van der Waals surface area contributed by atoms with Gasteiger partial charge in [-0.15, -0.1) is 5.06 Å². The summed E-state index contributed by atoms with van der Waals surface area (Å²) in [6, 6.07) is -0.925. The first kappa shape index (κ1) is 16.8. The van der Waals surface area contributed by atoms with Crippen molar-refractivity contribution in [1.29, 1.82) is 0 Å². The minimum absolute atomic E-state index is 0.138. The Morgan fingerprint density at radius 2 is 2.18 bits per heavy atom. The van der Waals surface area contributed by atoms with Gasteiger partial charge in [0.25, 0.3) is 0 Å². The van der Waals surface area contributed by atoms with Crippen LogP contribution < -0.4 is 5.73 Å². The summed E-state index contributed by atoms with van der Waals surface area (Å²) in [6.45, 7) is 2.27. The number of hydroxylamine groups is 2. The Balaban J connectivity index is 1.92. The number of carbonyl (C=O) groups excluding carboxylic acids is 2. The molecule has 124 valence electrons. The standard InChI is InChI=1S/C13H21N3O6/c1-8-5-9-6-15(11(8)12(14)18)13(19)16(9)22-7-10(17)21-4-3-20-2/h5,9,11,13,19H,3-4,6-7H2,1-2H3,(H2,14,18)/t9-,11?,13?/m0/s1. The van der Waals surface area contributed by atoms with Crippen LogP contribution >= 0.6 is 0 Å². The fraction of sp³-hybridized carbons (Fsp3) is 0.692. The number of carbonyl (C=O) groups is 2. The molecule has 0 radical (unpaired) electrons. The summed E-state index contributed by atoms with van der Waals surface area (Å²) in [6.07, 6.45) is 0.654. The molecule has 0 saturated carbocycles. The molecule has 0 aromatic rings. The largest absolute Gasteiger partial charge is 0.461 e. The number of nitrogens with two attached hydrogens (primary N) is 1. The Morgan fingerprint density at radius 1 is 1.45 bits per heavy atom. The molecule has 2 aliphatic heterocycles. The SMILES string of the molecule is COCCOC(=O)CON1C(O)N2C[C@@H]1C=C(C)C2C(N)=O. The van der Waals surface area contributed by atoms with Gasteiger partial charge in [-0.2, -0.15) is 0 Å². The fourth-order valence-corrected chi connectivity index (χ4v) is 2.69. The number of hydrogen-bond acceptors (Lipinski definition) is 8. The van der Waals surface area contributed by atoms with E-state index in [9.17, 15) is 14.7 Å². The van der Waals surface area contributed by atoms with Crippen LogP contribution in [0.2, 0.25) is 0 Å². The monoisotopic (exact) mass is 315 g/mol. The molecule has 2 heterocycles. The van der Waals surface area contributed by atoms with Gasteiger partial charge in [0.1, 0.15) is 12.6 Å². The zero-order valence-corrected chi connectivity index (χ0v) is 12.6. The van der Waals surface area contributed by atoms with Gasteiger partial charge in [-0.25, -0.2) is 9.69 Å². The lowest BCUT2D eigenvalue weighted by Crippen LogP contribution is -2.50. The highest BCUT2D eigenvalue weighted by Gasteiger charge is 2.47. The number of fused-ring (bicyclic) bond motifs is 2. The lowest BCUT2D eigenvalue weighted by molar-refractivity contribution is -0.256. The Bertz CT molecular complexity index is 469. The van der Waals surface area contributed by atoms with Crippen LogP contribution in [0.25, 0.3) is 0 Å². The van der Waals surface area contributed by atoms with Crippen molar-refractivity contribution in [2.24, 2.45) is 5.73 Å². The van der Waals surface area contributed by atoms with E-state index >= 15 is 0 Å². The van der Waals surface area contributed by atoms with E-state index in [1.54, 1.807) is 13.0 Å². The van der Waals surface area contributed by atoms with E-state index in [4.69, 9.17) is 20.0 Å². The maximum atomic E-state index is 11.5. The summed E-state index contributed by atoms with van der Waals surface area (Å²) >= 11 is 0. The molecule has 22 heavy (non-hydrogen) atoms. The quantitative estimate of drug-likeness (QED) is 0.321. The minimum Gasteiger partial charge on any atom is -0.461 e. The van der Waals surface area contributed by atoms with Gasteiger partial charge < -0.3 is 20.3 Å². The Labute approximate surface area is 128 Å². The molecule has 3 N–H and O–H groups in total. The summed E-state index contributed by atoms with van der Waals surface area (Å²) in [5.41, 5.74) is 6.11. The molecule has 9 nitrogen and oxygen atoms in total. The maximum absolute atomic E-state index is 11.5. The number of nitrogens with zero attached hydrogens (tertiary/aromatic N) is 2. The molecule has 0 aliphatic carbocycles. The van der Waals surface area contributed by atoms with E-state index in [2.05, 4.69) is 0 Å². The van der Waals surface area contributed by atoms with E-state index in [1.807, 2.05) is 0 Å². The van der Waals surface area contributed by atoms with Crippen molar-refractivity contribution >= 4 is 11.9 Å². The van der Waals surface area contributed by atoms with Crippen LogP contribution in [0.15, 0.2) is 11.6 Å². The molecule has 3 unspecified atom stereocenters. The third-order valence-corrected chi connectivity index (χ3v) is 3.62. The number of aliphatic hydroxyl groups is 1. The number of primary amides is 1. The molecule has 0 aromatic carbocycles. The highest BCUT2D eigenvalue weighted by Crippen LogP contribution is 2.30. The van der Waals surface area contributed by atoms with Crippen LogP contribution in [0.1, 0.15) is 6.92 Å². The van der Waals surface area contributed by atoms with Crippen LogP contribution in [0.4, 0.5) is 0 Å². The molecule has 0 aromatic heterocycles. The first-order valence-electron chi connectivity index (χ1n) is 6.93. The molecule has 2 rings (SSSR count). The molecule has 9 heteroatoms. The summed E-state index contributed by atoms with van der Waals surface area (Å²) in [7, 11) is 1.50. The van der Waals surface area contributed by atoms with Crippen molar-refractivity contribution in [2.75, 3.05) is 33.5 Å². The van der Waals surface area contributed by atoms with Crippen LogP contribution in [0, 0.1) is 0 Å². The van der Waals surface area contributed by atoms with E-state index in [0.717, 1.165) is 5.57 Å². The van der Waals surface area contributed by atoms with E-state index in [-0.39, 0.29) is 19.3 Å². The van der Waals surface area contributed by atoms with Gasteiger partial charge >= 0.3 is 5.97 Å². The molecule has 4 atom stereocenters. The Hall–Kier alpha value is -1.52. The number of hydrogen-bond donors (Lipinski definition) is 2. The smallest absolute Gasteiger partial charge is 0.334 e. The number of esters is 1. The number of methoxy groups -OCH3 is 1. The molecule has 1 saturated heterocycles. The van der Waals surface area contributed by atoms with Crippen molar-refractivity contribution in [3.05, 3.63) is 11.6 Å². The summed E-state index contributed by atoms with van der Waals surface area (Å²) < 4.78 is 9.63. The molecular weight excluding hydrogens is 294 g/mol. The van der Waals surface area contributed by atoms with Crippen molar-refractivity contribution < 1.29 is 29.0 Å². The first-order chi connectivity index (χ1) is 10.5. The van der Waals surface area contributed by atoms with Crippen LogP contribution in [0.3, 0.4) is 0 Å². The maximum Gasteiger partial charge on any atom is 0.334 e. The lowest BCUT2D eigenvalue weighted by atomic mass is 10.0. The molecule has 0 spiro atoms. The van der Waals surface area contributed by atoms with Crippen molar-refractivity contribution in [3.8, 4) is 0 Å². The first-order valence-corrected chi connectivity index (χ1v) is 6.93.